The minimum absolute atomic E-state index is 0.0280. The predicted molar refractivity (Wildman–Crippen MR) is 115 cm³/mol. The molecule has 0 spiro atoms. The Kier molecular flexibility index (Phi) is 8.88. The molecule has 144 valence electrons. The Balaban J connectivity index is 2.00. The maximum atomic E-state index is 12.9. The molecule has 27 heavy (non-hydrogen) atoms. The molecule has 2 aromatic rings. The summed E-state index contributed by atoms with van der Waals surface area (Å²) in [4.78, 5) is 26.8. The van der Waals surface area contributed by atoms with Gasteiger partial charge >= 0.3 is 0 Å². The molecule has 0 radical (unpaired) electrons. The van der Waals surface area contributed by atoms with Crippen LogP contribution in [0.3, 0.4) is 0 Å². The van der Waals surface area contributed by atoms with Crippen LogP contribution in [-0.2, 0) is 21.9 Å². The fraction of sp³-hybridized carbons (Fsp3) is 0.333. The molecule has 0 unspecified atom stereocenters. The number of thioether (sulfide) groups is 1. The highest BCUT2D eigenvalue weighted by atomic mass is 79.9. The van der Waals surface area contributed by atoms with E-state index in [2.05, 4.69) is 21.2 Å². The van der Waals surface area contributed by atoms with E-state index in [9.17, 15) is 9.59 Å². The van der Waals surface area contributed by atoms with Crippen molar-refractivity contribution in [1.29, 1.82) is 0 Å². The number of carbonyl (C=O) groups is 2. The summed E-state index contributed by atoms with van der Waals surface area (Å²) in [6.07, 6.45) is 0. The van der Waals surface area contributed by atoms with E-state index in [-0.39, 0.29) is 11.8 Å². The molecule has 4 nitrogen and oxygen atoms in total. The number of hydrogen-bond acceptors (Lipinski definition) is 3. The molecule has 0 saturated carbocycles. The Morgan fingerprint density at radius 2 is 1.74 bits per heavy atom. The van der Waals surface area contributed by atoms with Crippen LogP contribution in [0, 0.1) is 0 Å². The third-order valence-electron chi connectivity index (χ3n) is 4.12. The number of likely N-dealkylation sites (N-methyl/N-ethyl adjacent to an activating group) is 1. The summed E-state index contributed by atoms with van der Waals surface area (Å²) in [6.45, 7) is 4.64. The van der Waals surface area contributed by atoms with Gasteiger partial charge in [-0.15, -0.1) is 11.8 Å². The van der Waals surface area contributed by atoms with Crippen molar-refractivity contribution in [2.75, 3.05) is 12.3 Å². The van der Waals surface area contributed by atoms with Crippen molar-refractivity contribution in [2.45, 2.75) is 32.2 Å². The number of hydrogen-bond donors (Lipinski definition) is 1. The Morgan fingerprint density at radius 3 is 2.37 bits per heavy atom. The van der Waals surface area contributed by atoms with E-state index >= 15 is 0 Å². The topological polar surface area (TPSA) is 49.4 Å². The van der Waals surface area contributed by atoms with Crippen molar-refractivity contribution in [1.82, 2.24) is 10.2 Å². The van der Waals surface area contributed by atoms with E-state index in [4.69, 9.17) is 0 Å². The van der Waals surface area contributed by atoms with Crippen LogP contribution in [0.1, 0.15) is 25.0 Å². The van der Waals surface area contributed by atoms with Gasteiger partial charge in [-0.05, 0) is 37.1 Å². The summed E-state index contributed by atoms with van der Waals surface area (Å²) in [7, 11) is 0. The second kappa shape index (κ2) is 11.1. The molecule has 0 aliphatic heterocycles. The van der Waals surface area contributed by atoms with E-state index in [1.165, 1.54) is 5.56 Å². The molecule has 0 heterocycles. The van der Waals surface area contributed by atoms with Crippen LogP contribution in [0.4, 0.5) is 0 Å². The van der Waals surface area contributed by atoms with Crippen molar-refractivity contribution in [2.24, 2.45) is 0 Å². The van der Waals surface area contributed by atoms with Gasteiger partial charge in [-0.3, -0.25) is 9.59 Å². The number of rotatable bonds is 9. The Labute approximate surface area is 173 Å². The highest BCUT2D eigenvalue weighted by Gasteiger charge is 2.25. The van der Waals surface area contributed by atoms with E-state index < -0.39 is 6.04 Å². The van der Waals surface area contributed by atoms with E-state index in [0.29, 0.717) is 18.8 Å². The molecular formula is C21H25BrN2O2S. The van der Waals surface area contributed by atoms with Crippen LogP contribution in [0.15, 0.2) is 59.1 Å². The molecule has 2 amide bonds. The summed E-state index contributed by atoms with van der Waals surface area (Å²) in [5, 5.41) is 2.81. The maximum absolute atomic E-state index is 12.9. The highest BCUT2D eigenvalue weighted by Crippen LogP contribution is 2.18. The third kappa shape index (κ3) is 7.03. The van der Waals surface area contributed by atoms with Crippen LogP contribution in [-0.4, -0.2) is 35.1 Å². The van der Waals surface area contributed by atoms with Crippen LogP contribution in [0.5, 0.6) is 0 Å². The van der Waals surface area contributed by atoms with Gasteiger partial charge in [-0.2, -0.15) is 0 Å². The summed E-state index contributed by atoms with van der Waals surface area (Å²) in [5.74, 6) is 0.944. The molecule has 6 heteroatoms. The highest BCUT2D eigenvalue weighted by molar-refractivity contribution is 9.10. The van der Waals surface area contributed by atoms with E-state index in [1.807, 2.05) is 61.5 Å². The zero-order valence-corrected chi connectivity index (χ0v) is 18.1. The number of benzene rings is 2. The van der Waals surface area contributed by atoms with Gasteiger partial charge in [0.1, 0.15) is 6.04 Å². The van der Waals surface area contributed by atoms with Crippen LogP contribution >= 0.6 is 27.7 Å². The zero-order valence-electron chi connectivity index (χ0n) is 15.7. The zero-order chi connectivity index (χ0) is 19.6. The number of nitrogens with one attached hydrogen (secondary N) is 1. The van der Waals surface area contributed by atoms with Crippen LogP contribution in [0.25, 0.3) is 0 Å². The number of halogens is 1. The largest absolute Gasteiger partial charge is 0.355 e. The van der Waals surface area contributed by atoms with Gasteiger partial charge < -0.3 is 10.2 Å². The molecule has 0 fully saturated rings. The van der Waals surface area contributed by atoms with Crippen LogP contribution in [0.2, 0.25) is 0 Å². The monoisotopic (exact) mass is 448 g/mol. The first-order valence-electron chi connectivity index (χ1n) is 8.94. The quantitative estimate of drug-likeness (QED) is 0.623. The van der Waals surface area contributed by atoms with Gasteiger partial charge in [0.05, 0.1) is 5.75 Å². The molecule has 0 bridgehead atoms. The summed E-state index contributed by atoms with van der Waals surface area (Å²) >= 11 is 4.99. The predicted octanol–water partition coefficient (Wildman–Crippen LogP) is 4.24. The number of amides is 2. The molecule has 2 rings (SSSR count). The van der Waals surface area contributed by atoms with Gasteiger partial charge in [0, 0.05) is 23.3 Å². The smallest absolute Gasteiger partial charge is 0.242 e. The normalized spacial score (nSPS) is 11.7. The van der Waals surface area contributed by atoms with Crippen molar-refractivity contribution >= 4 is 39.5 Å². The number of carbonyl (C=O) groups excluding carboxylic acids is 2. The fourth-order valence-electron chi connectivity index (χ4n) is 2.60. The van der Waals surface area contributed by atoms with Crippen LogP contribution < -0.4 is 5.32 Å². The molecule has 0 aliphatic rings. The molecule has 1 N–H and O–H groups in total. The minimum Gasteiger partial charge on any atom is -0.355 e. The molecule has 0 aromatic heterocycles. The maximum Gasteiger partial charge on any atom is 0.242 e. The van der Waals surface area contributed by atoms with E-state index in [1.54, 1.807) is 23.6 Å². The van der Waals surface area contributed by atoms with Gasteiger partial charge in [0.25, 0.3) is 0 Å². The van der Waals surface area contributed by atoms with Gasteiger partial charge in [0.15, 0.2) is 0 Å². The lowest BCUT2D eigenvalue weighted by Crippen LogP contribution is -2.48. The average Bonchev–Trinajstić information content (AvgIpc) is 2.68. The SMILES string of the molecule is CCNC(=O)[C@H](C)N(Cc1ccccc1)C(=O)CSCc1ccc(Br)cc1. The summed E-state index contributed by atoms with van der Waals surface area (Å²) in [5.41, 5.74) is 2.18. The average molecular weight is 449 g/mol. The molecule has 1 atom stereocenters. The number of nitrogens with zero attached hydrogens (tertiary/aromatic N) is 1. The first kappa shape index (κ1) is 21.5. The fourth-order valence-corrected chi connectivity index (χ4v) is 3.74. The van der Waals surface area contributed by atoms with Gasteiger partial charge in [-0.1, -0.05) is 58.4 Å². The van der Waals surface area contributed by atoms with Crippen molar-refractivity contribution < 1.29 is 9.59 Å². The lowest BCUT2D eigenvalue weighted by Gasteiger charge is -2.28. The van der Waals surface area contributed by atoms with Crippen molar-refractivity contribution in [3.8, 4) is 0 Å². The molecule has 2 aromatic carbocycles. The third-order valence-corrected chi connectivity index (χ3v) is 5.64. The van der Waals surface area contributed by atoms with Gasteiger partial charge in [0.2, 0.25) is 11.8 Å². The Morgan fingerprint density at radius 1 is 1.07 bits per heavy atom. The standard InChI is InChI=1S/C21H25BrN2O2S/c1-3-23-21(26)16(2)24(13-17-7-5-4-6-8-17)20(25)15-27-14-18-9-11-19(22)12-10-18/h4-12,16H,3,13-15H2,1-2H3,(H,23,26)/t16-/m0/s1. The first-order chi connectivity index (χ1) is 13.0. The summed E-state index contributed by atoms with van der Waals surface area (Å²) in [6, 6.07) is 17.3. The lowest BCUT2D eigenvalue weighted by atomic mass is 10.1. The second-order valence-electron chi connectivity index (χ2n) is 6.20. The molecular weight excluding hydrogens is 424 g/mol. The van der Waals surface area contributed by atoms with Crippen molar-refractivity contribution in [3.63, 3.8) is 0 Å². The second-order valence-corrected chi connectivity index (χ2v) is 8.10. The Bertz CT molecular complexity index is 738. The first-order valence-corrected chi connectivity index (χ1v) is 10.9. The Hall–Kier alpha value is -1.79. The van der Waals surface area contributed by atoms with E-state index in [0.717, 1.165) is 15.8 Å². The lowest BCUT2D eigenvalue weighted by molar-refractivity contribution is -0.138. The minimum atomic E-state index is -0.508. The van der Waals surface area contributed by atoms with Gasteiger partial charge in [-0.25, -0.2) is 0 Å². The molecule has 0 saturated heterocycles. The summed E-state index contributed by atoms with van der Waals surface area (Å²) < 4.78 is 1.04. The molecule has 0 aliphatic carbocycles. The van der Waals surface area contributed by atoms with Crippen molar-refractivity contribution in [3.05, 3.63) is 70.2 Å².